The molecule has 0 fully saturated rings. The van der Waals surface area contributed by atoms with Gasteiger partial charge in [0.05, 0.1) is 5.71 Å². The van der Waals surface area contributed by atoms with Crippen LogP contribution in [-0.4, -0.2) is 59.2 Å². The zero-order valence-electron chi connectivity index (χ0n) is 28.8. The molecule has 9 nitrogen and oxygen atoms in total. The van der Waals surface area contributed by atoms with Gasteiger partial charge >= 0.3 is 11.9 Å². The number of carbonyl (C=O) groups is 3. The van der Waals surface area contributed by atoms with E-state index in [9.17, 15) is 24.6 Å². The lowest BCUT2D eigenvalue weighted by molar-refractivity contribution is -0.138. The maximum atomic E-state index is 12.8. The summed E-state index contributed by atoms with van der Waals surface area (Å²) in [4.78, 5) is 50.9. The van der Waals surface area contributed by atoms with E-state index in [0.29, 0.717) is 18.1 Å². The average molecular weight is 661 g/mol. The number of carboxylic acids is 2. The minimum absolute atomic E-state index is 0.0296. The molecule has 47 heavy (non-hydrogen) atoms. The fourth-order valence-corrected chi connectivity index (χ4v) is 8.19. The second-order valence-electron chi connectivity index (χ2n) is 12.9. The van der Waals surface area contributed by atoms with Crippen molar-refractivity contribution in [2.75, 3.05) is 0 Å². The van der Waals surface area contributed by atoms with Crippen molar-refractivity contribution in [2.24, 2.45) is 16.8 Å². The van der Waals surface area contributed by atoms with Crippen molar-refractivity contribution in [3.05, 3.63) is 66.2 Å². The molecule has 1 unspecified atom stereocenters. The maximum Gasteiger partial charge on any atom is 0.303 e. The Bertz CT molecular complexity index is 1960. The van der Waals surface area contributed by atoms with Gasteiger partial charge in [-0.25, -0.2) is 4.99 Å². The molecule has 1 amide bonds. The summed E-state index contributed by atoms with van der Waals surface area (Å²) in [6.45, 7) is 20.6. The summed E-state index contributed by atoms with van der Waals surface area (Å²) in [6, 6.07) is 0. The molecule has 0 spiro atoms. The Morgan fingerprint density at radius 3 is 2.00 bits per heavy atom. The first-order valence-electron chi connectivity index (χ1n) is 16.3. The van der Waals surface area contributed by atoms with E-state index in [-0.39, 0.29) is 35.8 Å². The highest BCUT2D eigenvalue weighted by Crippen LogP contribution is 2.34. The van der Waals surface area contributed by atoms with Gasteiger partial charge in [0.2, 0.25) is 5.91 Å². The van der Waals surface area contributed by atoms with Crippen LogP contribution in [0, 0.1) is 32.6 Å². The van der Waals surface area contributed by atoms with E-state index in [1.165, 1.54) is 5.56 Å². The van der Waals surface area contributed by atoms with Crippen LogP contribution >= 0.6 is 11.8 Å². The molecule has 5 N–H and O–H groups in total. The molecule has 10 heteroatoms. The number of carboxylic acid groups (broad SMARTS) is 2. The first-order valence-corrected chi connectivity index (χ1v) is 17.3. The molecule has 4 heterocycles. The van der Waals surface area contributed by atoms with E-state index in [4.69, 9.17) is 0 Å². The Labute approximate surface area is 280 Å². The van der Waals surface area contributed by atoms with Crippen LogP contribution in [0.5, 0.6) is 0 Å². The molecule has 252 valence electrons. The van der Waals surface area contributed by atoms with Crippen LogP contribution in [0.3, 0.4) is 0 Å². The summed E-state index contributed by atoms with van der Waals surface area (Å²) in [5.41, 5.74) is 8.24. The monoisotopic (exact) mass is 660 g/mol. The Morgan fingerprint density at radius 2 is 1.43 bits per heavy atom. The van der Waals surface area contributed by atoms with Gasteiger partial charge in [-0.15, -0.1) is 0 Å². The predicted molar refractivity (Wildman–Crippen MR) is 191 cm³/mol. The standard InChI is InChI=1S/C37H48N4O5S/c1-10-25-19(4)28(38-23(25)8)15-29-20(5)26(11-13-34(42)43)31(39-29)17-32-27(12-14-35(44)45)21(6)30(40-32)16-33-36(22(7)37(46)41-33)24(9)47-18(2)3/h15-18,22,24,36,38-40H,8,10-14H2,1-7,9H3,(H,42,43)(H,44,45)/b28-15+,30-16?,32-17?/t22-,24?,36+/m1/s1. The number of thioether (sulfide) groups is 1. The highest BCUT2D eigenvalue weighted by molar-refractivity contribution is 8.00. The molecule has 0 saturated carbocycles. The maximum absolute atomic E-state index is 12.8. The summed E-state index contributed by atoms with van der Waals surface area (Å²) in [5.74, 6) is -2.16. The van der Waals surface area contributed by atoms with Gasteiger partial charge in [-0.3, -0.25) is 14.4 Å². The van der Waals surface area contributed by atoms with E-state index in [1.54, 1.807) is 0 Å². The van der Waals surface area contributed by atoms with E-state index >= 15 is 0 Å². The van der Waals surface area contributed by atoms with E-state index in [0.717, 1.165) is 72.7 Å². The van der Waals surface area contributed by atoms with E-state index in [2.05, 4.69) is 61.1 Å². The van der Waals surface area contributed by atoms with Gasteiger partial charge in [-0.05, 0) is 96.9 Å². The third-order valence-electron chi connectivity index (χ3n) is 9.31. The lowest BCUT2D eigenvalue weighted by Gasteiger charge is -2.24. The first kappa shape index (κ1) is 35.8. The Hall–Kier alpha value is -4.05. The summed E-state index contributed by atoms with van der Waals surface area (Å²) in [5, 5.41) is 23.0. The zero-order valence-corrected chi connectivity index (χ0v) is 29.6. The molecule has 1 aliphatic heterocycles. The van der Waals surface area contributed by atoms with Crippen molar-refractivity contribution in [3.8, 4) is 0 Å². The molecule has 0 aromatic carbocycles. The Morgan fingerprint density at radius 1 is 0.851 bits per heavy atom. The molecular weight excluding hydrogens is 612 g/mol. The quantitative estimate of drug-likeness (QED) is 0.188. The summed E-state index contributed by atoms with van der Waals surface area (Å²) >= 11 is 1.82. The van der Waals surface area contributed by atoms with Crippen molar-refractivity contribution in [1.82, 2.24) is 15.0 Å². The SMILES string of the molecule is C=c1[nH]/c(=C/c2[nH]c(C=c3[nH]c(=CC4=NC(=O)[C@H](C)[C@H]4C(C)SC(C)C)c(C)c3CCC(=O)O)c(CCC(=O)O)c2C)c(C)c1CC. The molecule has 4 rings (SSSR count). The van der Waals surface area contributed by atoms with Gasteiger partial charge in [-0.1, -0.05) is 41.2 Å². The number of nitrogens with one attached hydrogen (secondary N) is 3. The first-order chi connectivity index (χ1) is 22.1. The van der Waals surface area contributed by atoms with Gasteiger partial charge < -0.3 is 25.2 Å². The van der Waals surface area contributed by atoms with E-state index < -0.39 is 11.9 Å². The normalized spacial score (nSPS) is 18.5. The van der Waals surface area contributed by atoms with Gasteiger partial charge in [0.15, 0.2) is 0 Å². The highest BCUT2D eigenvalue weighted by Gasteiger charge is 2.38. The van der Waals surface area contributed by atoms with Gasteiger partial charge in [0, 0.05) is 62.7 Å². The minimum Gasteiger partial charge on any atom is -0.481 e. The van der Waals surface area contributed by atoms with Crippen LogP contribution in [0.25, 0.3) is 24.8 Å². The van der Waals surface area contributed by atoms with Gasteiger partial charge in [0.25, 0.3) is 0 Å². The molecule has 0 bridgehead atoms. The zero-order chi connectivity index (χ0) is 34.7. The molecule has 3 aromatic rings. The largest absolute Gasteiger partial charge is 0.481 e. The second-order valence-corrected chi connectivity index (χ2v) is 14.8. The summed E-state index contributed by atoms with van der Waals surface area (Å²) < 4.78 is 0. The minimum atomic E-state index is -0.895. The van der Waals surface area contributed by atoms with Crippen molar-refractivity contribution in [1.29, 1.82) is 0 Å². The number of H-pyrrole nitrogens is 3. The summed E-state index contributed by atoms with van der Waals surface area (Å²) in [7, 11) is 0. The van der Waals surface area contributed by atoms with Crippen LogP contribution < -0.4 is 21.4 Å². The molecule has 1 aliphatic rings. The number of aliphatic carboxylic acids is 2. The van der Waals surface area contributed by atoms with Crippen molar-refractivity contribution < 1.29 is 24.6 Å². The number of hydrogen-bond acceptors (Lipinski definition) is 4. The Balaban J connectivity index is 1.92. The number of carbonyl (C=O) groups excluding carboxylic acids is 1. The molecular formula is C37H48N4O5S. The number of aromatic nitrogens is 3. The smallest absolute Gasteiger partial charge is 0.303 e. The van der Waals surface area contributed by atoms with Crippen LogP contribution in [-0.2, 0) is 33.6 Å². The number of aliphatic imine (C=N–C) groups is 1. The summed E-state index contributed by atoms with van der Waals surface area (Å²) in [6.07, 6.45) is 7.36. The van der Waals surface area contributed by atoms with Crippen LogP contribution in [0.2, 0.25) is 0 Å². The molecule has 0 saturated heterocycles. The number of amides is 1. The third kappa shape index (κ3) is 7.92. The fraction of sp³-hybridized carbons (Fsp3) is 0.459. The van der Waals surface area contributed by atoms with Crippen molar-refractivity contribution in [3.63, 3.8) is 0 Å². The molecule has 0 radical (unpaired) electrons. The lowest BCUT2D eigenvalue weighted by atomic mass is 9.89. The second kappa shape index (κ2) is 14.8. The molecule has 3 aromatic heterocycles. The van der Waals surface area contributed by atoms with Crippen molar-refractivity contribution in [2.45, 2.75) is 98.0 Å². The fourth-order valence-electron chi connectivity index (χ4n) is 6.78. The molecule has 0 aliphatic carbocycles. The van der Waals surface area contributed by atoms with Crippen LogP contribution in [0.4, 0.5) is 0 Å². The Kier molecular flexibility index (Phi) is 11.3. The van der Waals surface area contributed by atoms with Gasteiger partial charge in [0.1, 0.15) is 0 Å². The van der Waals surface area contributed by atoms with Gasteiger partial charge in [-0.2, -0.15) is 11.8 Å². The third-order valence-corrected chi connectivity index (χ3v) is 10.6. The number of aromatic amines is 3. The number of hydrogen-bond donors (Lipinski definition) is 5. The predicted octanol–water partition coefficient (Wildman–Crippen LogP) is 3.80. The van der Waals surface area contributed by atoms with Crippen LogP contribution in [0.1, 0.15) is 92.2 Å². The molecule has 3 atom stereocenters. The average Bonchev–Trinajstić information content (AvgIpc) is 3.63. The topological polar surface area (TPSA) is 151 Å². The lowest BCUT2D eigenvalue weighted by Crippen LogP contribution is -2.29. The van der Waals surface area contributed by atoms with Crippen molar-refractivity contribution >= 4 is 60.1 Å². The number of rotatable bonds is 13. The highest BCUT2D eigenvalue weighted by atomic mass is 32.2. The number of nitrogens with zero attached hydrogens (tertiary/aromatic N) is 1. The van der Waals surface area contributed by atoms with E-state index in [1.807, 2.05) is 50.8 Å². The van der Waals surface area contributed by atoms with Crippen LogP contribution in [0.15, 0.2) is 4.99 Å².